The minimum absolute atomic E-state index is 0.682. The van der Waals surface area contributed by atoms with Crippen LogP contribution in [0.3, 0.4) is 0 Å². The van der Waals surface area contributed by atoms with Gasteiger partial charge in [0.05, 0.1) is 13.2 Å². The Morgan fingerprint density at radius 1 is 1.25 bits per heavy atom. The van der Waals surface area contributed by atoms with Gasteiger partial charge in [-0.25, -0.2) is 9.67 Å². The molecule has 1 atom stereocenters. The van der Waals surface area contributed by atoms with Gasteiger partial charge >= 0.3 is 0 Å². The molecular weight excluding hydrogens is 252 g/mol. The first-order valence-corrected chi connectivity index (χ1v) is 7.09. The minimum atomic E-state index is 0.682. The van der Waals surface area contributed by atoms with E-state index in [1.165, 1.54) is 17.5 Å². The minimum Gasteiger partial charge on any atom is -0.381 e. The van der Waals surface area contributed by atoms with Crippen LogP contribution >= 0.6 is 0 Å². The van der Waals surface area contributed by atoms with Crippen molar-refractivity contribution in [1.82, 2.24) is 20.1 Å². The Balaban J connectivity index is 1.46. The van der Waals surface area contributed by atoms with Gasteiger partial charge in [0.2, 0.25) is 0 Å². The van der Waals surface area contributed by atoms with Crippen LogP contribution in [0.4, 0.5) is 0 Å². The lowest BCUT2D eigenvalue weighted by Gasteiger charge is -2.10. The smallest absolute Gasteiger partial charge is 0.137 e. The number of hydrogen-bond acceptors (Lipinski definition) is 4. The molecule has 1 fully saturated rings. The van der Waals surface area contributed by atoms with E-state index in [9.17, 15) is 0 Å². The van der Waals surface area contributed by atoms with E-state index in [1.807, 2.05) is 4.68 Å². The Labute approximate surface area is 119 Å². The third kappa shape index (κ3) is 3.65. The predicted molar refractivity (Wildman–Crippen MR) is 76.2 cm³/mol. The third-order valence-electron chi connectivity index (χ3n) is 3.62. The van der Waals surface area contributed by atoms with Crippen molar-refractivity contribution in [3.05, 3.63) is 48.0 Å². The highest BCUT2D eigenvalue weighted by Crippen LogP contribution is 2.11. The summed E-state index contributed by atoms with van der Waals surface area (Å²) >= 11 is 0. The number of aromatic nitrogens is 3. The Kier molecular flexibility index (Phi) is 4.40. The van der Waals surface area contributed by atoms with Gasteiger partial charge in [0, 0.05) is 19.7 Å². The molecule has 5 heteroatoms. The molecule has 1 aromatic heterocycles. The largest absolute Gasteiger partial charge is 0.381 e. The van der Waals surface area contributed by atoms with E-state index in [2.05, 4.69) is 39.7 Å². The van der Waals surface area contributed by atoms with Crippen molar-refractivity contribution in [3.63, 3.8) is 0 Å². The summed E-state index contributed by atoms with van der Waals surface area (Å²) in [4.78, 5) is 3.95. The van der Waals surface area contributed by atoms with Crippen LogP contribution in [0.1, 0.15) is 17.5 Å². The Morgan fingerprint density at radius 3 is 2.80 bits per heavy atom. The molecular formula is C15H20N4O. The van der Waals surface area contributed by atoms with Gasteiger partial charge in [-0.2, -0.15) is 5.10 Å². The maximum Gasteiger partial charge on any atom is 0.137 e. The highest BCUT2D eigenvalue weighted by molar-refractivity contribution is 5.22. The molecule has 0 radical (unpaired) electrons. The van der Waals surface area contributed by atoms with Crippen molar-refractivity contribution >= 4 is 0 Å². The van der Waals surface area contributed by atoms with E-state index in [0.717, 1.165) is 32.8 Å². The van der Waals surface area contributed by atoms with E-state index >= 15 is 0 Å². The lowest BCUT2D eigenvalue weighted by Crippen LogP contribution is -2.22. The molecule has 0 amide bonds. The molecule has 1 saturated heterocycles. The number of rotatable bonds is 6. The van der Waals surface area contributed by atoms with Crippen LogP contribution in [-0.4, -0.2) is 34.5 Å². The molecule has 0 saturated carbocycles. The van der Waals surface area contributed by atoms with Crippen molar-refractivity contribution in [1.29, 1.82) is 0 Å². The van der Waals surface area contributed by atoms with E-state index in [-0.39, 0.29) is 0 Å². The average molecular weight is 272 g/mol. The zero-order chi connectivity index (χ0) is 13.6. The molecule has 1 aliphatic rings. The molecule has 0 aliphatic carbocycles. The summed E-state index contributed by atoms with van der Waals surface area (Å²) in [5.41, 5.74) is 2.55. The fourth-order valence-corrected chi connectivity index (χ4v) is 2.43. The number of nitrogens with zero attached hydrogens (tertiary/aromatic N) is 3. The van der Waals surface area contributed by atoms with Crippen molar-refractivity contribution < 1.29 is 4.74 Å². The molecule has 3 rings (SSSR count). The fraction of sp³-hybridized carbons (Fsp3) is 0.467. The molecule has 0 bridgehead atoms. The Bertz CT molecular complexity index is 503. The molecule has 106 valence electrons. The van der Waals surface area contributed by atoms with Crippen LogP contribution < -0.4 is 5.32 Å². The molecule has 1 aliphatic heterocycles. The van der Waals surface area contributed by atoms with E-state index in [4.69, 9.17) is 4.74 Å². The standard InChI is InChI=1S/C15H20N4O/c1-3-14(9-19-12-17-11-18-19)4-2-13(1)7-16-8-15-5-6-20-10-15/h1-4,11-12,15-16H,5-10H2/t15-/m0/s1. The lowest BCUT2D eigenvalue weighted by molar-refractivity contribution is 0.185. The second kappa shape index (κ2) is 6.63. The van der Waals surface area contributed by atoms with Gasteiger partial charge in [0.15, 0.2) is 0 Å². The Morgan fingerprint density at radius 2 is 2.10 bits per heavy atom. The molecule has 2 heterocycles. The fourth-order valence-electron chi connectivity index (χ4n) is 2.43. The molecule has 1 aromatic carbocycles. The highest BCUT2D eigenvalue weighted by Gasteiger charge is 2.14. The van der Waals surface area contributed by atoms with Gasteiger partial charge < -0.3 is 10.1 Å². The number of ether oxygens (including phenoxy) is 1. The van der Waals surface area contributed by atoms with Crippen molar-refractivity contribution in [2.45, 2.75) is 19.5 Å². The van der Waals surface area contributed by atoms with Crippen LogP contribution in [0.15, 0.2) is 36.9 Å². The van der Waals surface area contributed by atoms with E-state index in [0.29, 0.717) is 5.92 Å². The maximum atomic E-state index is 5.37. The summed E-state index contributed by atoms with van der Waals surface area (Å²) in [6.07, 6.45) is 4.48. The molecule has 0 unspecified atom stereocenters. The van der Waals surface area contributed by atoms with Gasteiger partial charge in [-0.05, 0) is 23.5 Å². The number of benzene rings is 1. The quantitative estimate of drug-likeness (QED) is 0.865. The van der Waals surface area contributed by atoms with Crippen LogP contribution in [0, 0.1) is 5.92 Å². The zero-order valence-electron chi connectivity index (χ0n) is 11.5. The third-order valence-corrected chi connectivity index (χ3v) is 3.62. The van der Waals surface area contributed by atoms with Crippen LogP contribution in [0.2, 0.25) is 0 Å². The van der Waals surface area contributed by atoms with Gasteiger partial charge in [-0.3, -0.25) is 0 Å². The number of hydrogen-bond donors (Lipinski definition) is 1. The molecule has 5 nitrogen and oxygen atoms in total. The summed E-state index contributed by atoms with van der Waals surface area (Å²) < 4.78 is 7.20. The summed E-state index contributed by atoms with van der Waals surface area (Å²) in [5.74, 6) is 0.682. The van der Waals surface area contributed by atoms with Gasteiger partial charge in [0.1, 0.15) is 12.7 Å². The maximum absolute atomic E-state index is 5.37. The SMILES string of the molecule is c1ncn(Cc2ccc(CNC[C@@H]3CCOC3)cc2)n1. The monoisotopic (exact) mass is 272 g/mol. The lowest BCUT2D eigenvalue weighted by atomic mass is 10.1. The molecule has 1 N–H and O–H groups in total. The average Bonchev–Trinajstić information content (AvgIpc) is 3.14. The van der Waals surface area contributed by atoms with Crippen LogP contribution in [-0.2, 0) is 17.8 Å². The van der Waals surface area contributed by atoms with Crippen LogP contribution in [0.5, 0.6) is 0 Å². The molecule has 0 spiro atoms. The molecule has 20 heavy (non-hydrogen) atoms. The summed E-state index contributed by atoms with van der Waals surface area (Å²) in [6, 6.07) is 8.64. The first kappa shape index (κ1) is 13.3. The normalized spacial score (nSPS) is 18.5. The summed E-state index contributed by atoms with van der Waals surface area (Å²) in [5, 5.41) is 7.61. The molecule has 2 aromatic rings. The van der Waals surface area contributed by atoms with Gasteiger partial charge in [-0.1, -0.05) is 24.3 Å². The summed E-state index contributed by atoms with van der Waals surface area (Å²) in [7, 11) is 0. The first-order chi connectivity index (χ1) is 9.90. The number of nitrogens with one attached hydrogen (secondary N) is 1. The summed E-state index contributed by atoms with van der Waals surface area (Å²) in [6.45, 7) is 4.56. The van der Waals surface area contributed by atoms with Gasteiger partial charge in [0.25, 0.3) is 0 Å². The van der Waals surface area contributed by atoms with E-state index in [1.54, 1.807) is 12.7 Å². The van der Waals surface area contributed by atoms with Crippen molar-refractivity contribution in [2.75, 3.05) is 19.8 Å². The topological polar surface area (TPSA) is 52.0 Å². The predicted octanol–water partition coefficient (Wildman–Crippen LogP) is 1.45. The van der Waals surface area contributed by atoms with Crippen molar-refractivity contribution in [3.8, 4) is 0 Å². The van der Waals surface area contributed by atoms with Gasteiger partial charge in [-0.15, -0.1) is 0 Å². The highest BCUT2D eigenvalue weighted by atomic mass is 16.5. The zero-order valence-corrected chi connectivity index (χ0v) is 11.5. The second-order valence-corrected chi connectivity index (χ2v) is 5.27. The second-order valence-electron chi connectivity index (χ2n) is 5.27. The van der Waals surface area contributed by atoms with E-state index < -0.39 is 0 Å². The Hall–Kier alpha value is -1.72. The van der Waals surface area contributed by atoms with Crippen molar-refractivity contribution in [2.24, 2.45) is 5.92 Å². The van der Waals surface area contributed by atoms with Crippen LogP contribution in [0.25, 0.3) is 0 Å². The first-order valence-electron chi connectivity index (χ1n) is 7.09.